The van der Waals surface area contributed by atoms with Crippen molar-refractivity contribution in [3.05, 3.63) is 112 Å². The van der Waals surface area contributed by atoms with Gasteiger partial charge in [-0.15, -0.1) is 0 Å². The summed E-state index contributed by atoms with van der Waals surface area (Å²) >= 11 is 0. The van der Waals surface area contributed by atoms with Gasteiger partial charge in [0.2, 0.25) is 0 Å². The Labute approximate surface area is 268 Å². The second-order valence-corrected chi connectivity index (χ2v) is 13.3. The molecular formula is C37H36N4O4S. The Kier molecular flexibility index (Phi) is 7.62. The van der Waals surface area contributed by atoms with E-state index in [2.05, 4.69) is 5.32 Å². The van der Waals surface area contributed by atoms with E-state index < -0.39 is 10.1 Å². The predicted molar refractivity (Wildman–Crippen MR) is 187 cm³/mol. The maximum absolute atomic E-state index is 12.5. The maximum Gasteiger partial charge on any atom is 0.295 e. The summed E-state index contributed by atoms with van der Waals surface area (Å²) < 4.78 is 41.8. The highest BCUT2D eigenvalue weighted by Gasteiger charge is 2.24. The number of nitrogens with two attached hydrogens (primary N) is 2. The van der Waals surface area contributed by atoms with Gasteiger partial charge in [0.25, 0.3) is 10.1 Å². The van der Waals surface area contributed by atoms with Gasteiger partial charge in [0, 0.05) is 57.0 Å². The summed E-state index contributed by atoms with van der Waals surface area (Å²) in [6.07, 6.45) is 0. The lowest BCUT2D eigenvalue weighted by Gasteiger charge is -2.19. The lowest BCUT2D eigenvalue weighted by atomic mass is 9.93. The number of nitrogen functional groups attached to an aromatic ring is 2. The van der Waals surface area contributed by atoms with Gasteiger partial charge in [0.1, 0.15) is 16.2 Å². The molecule has 6 rings (SSSR count). The van der Waals surface area contributed by atoms with Crippen LogP contribution in [0.15, 0.2) is 87.1 Å². The fourth-order valence-electron chi connectivity index (χ4n) is 6.24. The van der Waals surface area contributed by atoms with Crippen molar-refractivity contribution in [1.29, 1.82) is 0 Å². The van der Waals surface area contributed by atoms with E-state index in [9.17, 15) is 13.0 Å². The quantitative estimate of drug-likeness (QED) is 0.0848. The van der Waals surface area contributed by atoms with Crippen LogP contribution in [0.1, 0.15) is 33.4 Å². The Balaban J connectivity index is 1.63. The molecule has 0 atom stereocenters. The molecule has 0 spiro atoms. The van der Waals surface area contributed by atoms with Crippen LogP contribution in [0.3, 0.4) is 0 Å². The Morgan fingerprint density at radius 1 is 0.739 bits per heavy atom. The highest BCUT2D eigenvalue weighted by atomic mass is 32.2. The molecule has 0 amide bonds. The van der Waals surface area contributed by atoms with Gasteiger partial charge < -0.3 is 21.2 Å². The first-order chi connectivity index (χ1) is 21.7. The molecule has 234 valence electrons. The topological polar surface area (TPSA) is 144 Å². The summed E-state index contributed by atoms with van der Waals surface area (Å²) in [5.41, 5.74) is 24.6. The first kappa shape index (κ1) is 30.9. The van der Waals surface area contributed by atoms with Crippen molar-refractivity contribution in [3.8, 4) is 22.5 Å². The van der Waals surface area contributed by atoms with Crippen LogP contribution >= 0.6 is 0 Å². The minimum Gasteiger partial charge on any atom is -0.456 e. The highest BCUT2D eigenvalue weighted by molar-refractivity contribution is 7.86. The summed E-state index contributed by atoms with van der Waals surface area (Å²) in [6, 6.07) is 21.7. The first-order valence-electron chi connectivity index (χ1n) is 14.9. The van der Waals surface area contributed by atoms with Gasteiger partial charge in [-0.25, -0.2) is 4.99 Å². The number of nitrogens with zero attached hydrogens (tertiary/aromatic N) is 1. The molecule has 0 unspecified atom stereocenters. The average Bonchev–Trinajstić information content (AvgIpc) is 3.01. The molecule has 0 saturated carbocycles. The van der Waals surface area contributed by atoms with E-state index in [0.717, 1.165) is 56.1 Å². The zero-order valence-electron chi connectivity index (χ0n) is 26.6. The molecule has 46 heavy (non-hydrogen) atoms. The summed E-state index contributed by atoms with van der Waals surface area (Å²) in [7, 11) is -4.54. The lowest BCUT2D eigenvalue weighted by Crippen LogP contribution is -2.06. The van der Waals surface area contributed by atoms with Crippen molar-refractivity contribution >= 4 is 49.5 Å². The zero-order valence-corrected chi connectivity index (χ0v) is 27.4. The van der Waals surface area contributed by atoms with E-state index in [4.69, 9.17) is 20.9 Å². The van der Waals surface area contributed by atoms with E-state index in [1.54, 1.807) is 18.2 Å². The van der Waals surface area contributed by atoms with Crippen molar-refractivity contribution in [3.63, 3.8) is 0 Å². The molecule has 1 aliphatic heterocycles. The molecule has 6 N–H and O–H groups in total. The minimum atomic E-state index is -4.54. The number of fused-ring (bicyclic) bond motifs is 2. The monoisotopic (exact) mass is 632 g/mol. The van der Waals surface area contributed by atoms with E-state index in [1.807, 2.05) is 90.1 Å². The normalized spacial score (nSPS) is 12.3. The second kappa shape index (κ2) is 11.3. The average molecular weight is 633 g/mol. The van der Waals surface area contributed by atoms with Crippen LogP contribution in [0.4, 0.5) is 28.4 Å². The molecular weight excluding hydrogens is 596 g/mol. The van der Waals surface area contributed by atoms with Crippen molar-refractivity contribution < 1.29 is 17.4 Å². The smallest absolute Gasteiger partial charge is 0.295 e. The second-order valence-electron chi connectivity index (χ2n) is 11.9. The van der Waals surface area contributed by atoms with Crippen LogP contribution in [0.2, 0.25) is 0 Å². The molecule has 1 aliphatic carbocycles. The lowest BCUT2D eigenvalue weighted by molar-refractivity contribution is 0.483. The molecule has 0 bridgehead atoms. The number of rotatable bonds is 5. The summed E-state index contributed by atoms with van der Waals surface area (Å²) in [5, 5.41) is 4.83. The third-order valence-corrected chi connectivity index (χ3v) is 9.58. The molecule has 0 radical (unpaired) electrons. The standard InChI is InChI=1S/C37H36N4O4S/c1-19-15-21(3)36(23(5)34(19)38)40-25-11-13-27-30(17-25)45-31-18-26(41-37-22(4)16-20(2)35(39)24(37)6)12-14-28(31)33(27)29-9-7-8-10-32(29)46(42,43)44/h7-18,40H,38-39H2,1-6H3,(H,42,43,44)/b41-26+. The molecule has 4 aromatic rings. The third kappa shape index (κ3) is 5.37. The predicted octanol–water partition coefficient (Wildman–Crippen LogP) is 8.44. The minimum absolute atomic E-state index is 0.192. The van der Waals surface area contributed by atoms with Gasteiger partial charge in [-0.3, -0.25) is 4.55 Å². The first-order valence-corrected chi connectivity index (χ1v) is 16.3. The van der Waals surface area contributed by atoms with E-state index in [-0.39, 0.29) is 4.90 Å². The largest absolute Gasteiger partial charge is 0.456 e. The van der Waals surface area contributed by atoms with Crippen molar-refractivity contribution in [2.75, 3.05) is 16.8 Å². The molecule has 2 aliphatic rings. The van der Waals surface area contributed by atoms with Crippen LogP contribution in [0, 0.1) is 41.5 Å². The van der Waals surface area contributed by atoms with Crippen LogP contribution in [0.25, 0.3) is 33.4 Å². The number of hydrogen-bond acceptors (Lipinski definition) is 7. The van der Waals surface area contributed by atoms with Crippen LogP contribution < -0.4 is 22.1 Å². The zero-order chi connectivity index (χ0) is 33.1. The Morgan fingerprint density at radius 2 is 1.41 bits per heavy atom. The van der Waals surface area contributed by atoms with Gasteiger partial charge in [-0.1, -0.05) is 30.3 Å². The Bertz CT molecular complexity index is 2360. The van der Waals surface area contributed by atoms with Gasteiger partial charge >= 0.3 is 0 Å². The molecule has 0 fully saturated rings. The SMILES string of the molecule is Cc1cc(C)c(/N=c2\ccc3c(-c4ccccc4S(=O)(=O)O)c4ccc(Nc5c(C)cc(C)c(N)c5C)cc4oc-3c2)c(C)c1N. The van der Waals surface area contributed by atoms with Crippen molar-refractivity contribution in [2.45, 2.75) is 46.4 Å². The maximum atomic E-state index is 12.5. The number of aryl methyl sites for hydroxylation is 4. The molecule has 8 nitrogen and oxygen atoms in total. The van der Waals surface area contributed by atoms with E-state index >= 15 is 0 Å². The van der Waals surface area contributed by atoms with E-state index in [0.29, 0.717) is 44.5 Å². The van der Waals surface area contributed by atoms with E-state index in [1.165, 1.54) is 6.07 Å². The van der Waals surface area contributed by atoms with Gasteiger partial charge in [0.15, 0.2) is 0 Å². The van der Waals surface area contributed by atoms with Crippen LogP contribution in [-0.4, -0.2) is 13.0 Å². The number of anilines is 4. The van der Waals surface area contributed by atoms with Crippen molar-refractivity contribution in [2.24, 2.45) is 4.99 Å². The molecule has 0 saturated heterocycles. The fraction of sp³-hybridized carbons (Fsp3) is 0.162. The molecule has 1 heterocycles. The summed E-state index contributed by atoms with van der Waals surface area (Å²) in [6.45, 7) is 11.9. The highest BCUT2D eigenvalue weighted by Crippen LogP contribution is 2.43. The van der Waals surface area contributed by atoms with Gasteiger partial charge in [0.05, 0.1) is 11.0 Å². The van der Waals surface area contributed by atoms with Crippen LogP contribution in [-0.2, 0) is 10.1 Å². The third-order valence-electron chi connectivity index (χ3n) is 8.67. The van der Waals surface area contributed by atoms with Crippen molar-refractivity contribution in [1.82, 2.24) is 0 Å². The van der Waals surface area contributed by atoms with Gasteiger partial charge in [-0.2, -0.15) is 8.42 Å². The molecule has 4 aromatic carbocycles. The summed E-state index contributed by atoms with van der Waals surface area (Å²) in [4.78, 5) is 4.75. The fourth-order valence-corrected chi connectivity index (χ4v) is 6.94. The number of hydrogen-bond donors (Lipinski definition) is 4. The Morgan fingerprint density at radius 3 is 2.13 bits per heavy atom. The molecule has 0 aromatic heterocycles. The molecule has 9 heteroatoms. The van der Waals surface area contributed by atoms with Crippen LogP contribution in [0.5, 0.6) is 0 Å². The number of benzene rings is 5. The van der Waals surface area contributed by atoms with Gasteiger partial charge in [-0.05, 0) is 105 Å². The Hall–Kier alpha value is -5.12. The summed E-state index contributed by atoms with van der Waals surface area (Å²) in [5.74, 6) is 0.494. The number of nitrogens with one attached hydrogen (secondary N) is 1.